The maximum atomic E-state index is 12.7. The lowest BCUT2D eigenvalue weighted by Gasteiger charge is -2.10. The number of hydrogen-bond acceptors (Lipinski definition) is 4. The van der Waals surface area contributed by atoms with Crippen LogP contribution >= 0.6 is 11.6 Å². The van der Waals surface area contributed by atoms with Crippen LogP contribution in [0.15, 0.2) is 65.7 Å². The normalized spacial score (nSPS) is 10.5. The molecular formula is C19H18ClN3O2. The Morgan fingerprint density at radius 1 is 1.16 bits per heavy atom. The van der Waals surface area contributed by atoms with Gasteiger partial charge in [0.05, 0.1) is 6.61 Å². The van der Waals surface area contributed by atoms with Crippen LogP contribution < -0.4 is 15.6 Å². The zero-order chi connectivity index (χ0) is 17.6. The fraction of sp³-hybridized carbons (Fsp3) is 0.158. The second-order valence-electron chi connectivity index (χ2n) is 5.32. The third kappa shape index (κ3) is 4.00. The van der Waals surface area contributed by atoms with Crippen LogP contribution in [0.4, 0.5) is 5.82 Å². The van der Waals surface area contributed by atoms with Gasteiger partial charge in [0.2, 0.25) is 0 Å². The van der Waals surface area contributed by atoms with Crippen molar-refractivity contribution in [2.24, 2.45) is 0 Å². The van der Waals surface area contributed by atoms with Gasteiger partial charge in [-0.3, -0.25) is 9.36 Å². The number of benzene rings is 2. The number of nitrogens with zero attached hydrogens (tertiary/aromatic N) is 2. The minimum Gasteiger partial charge on any atom is -0.494 e. The van der Waals surface area contributed by atoms with Crippen LogP contribution in [0.25, 0.3) is 5.69 Å². The average Bonchev–Trinajstić information content (AvgIpc) is 2.63. The van der Waals surface area contributed by atoms with Gasteiger partial charge in [0, 0.05) is 29.6 Å². The number of aromatic nitrogens is 2. The first kappa shape index (κ1) is 17.0. The molecule has 3 rings (SSSR count). The van der Waals surface area contributed by atoms with Gasteiger partial charge in [-0.25, -0.2) is 4.98 Å². The lowest BCUT2D eigenvalue weighted by Crippen LogP contribution is -2.23. The molecule has 0 aliphatic carbocycles. The molecule has 3 aromatic rings. The molecule has 0 atom stereocenters. The quantitative estimate of drug-likeness (QED) is 0.728. The molecule has 0 aliphatic heterocycles. The zero-order valence-corrected chi connectivity index (χ0v) is 14.5. The summed E-state index contributed by atoms with van der Waals surface area (Å²) in [6.45, 7) is 2.96. The van der Waals surface area contributed by atoms with E-state index in [1.54, 1.807) is 12.4 Å². The van der Waals surface area contributed by atoms with Crippen molar-refractivity contribution < 1.29 is 4.74 Å². The Morgan fingerprint density at radius 2 is 1.92 bits per heavy atom. The summed E-state index contributed by atoms with van der Waals surface area (Å²) in [5, 5.41) is 3.71. The van der Waals surface area contributed by atoms with Crippen LogP contribution in [0.2, 0.25) is 5.02 Å². The Morgan fingerprint density at radius 3 is 2.64 bits per heavy atom. The summed E-state index contributed by atoms with van der Waals surface area (Å²) in [5.41, 5.74) is 1.43. The Kier molecular flexibility index (Phi) is 5.36. The standard InChI is InChI=1S/C19H18ClN3O2/c1-2-25-16-9-7-15(8-10-16)23-12-11-21-18(19(23)24)22-13-14-5-3-4-6-17(14)20/h3-12H,2,13H2,1H3,(H,21,22). The smallest absolute Gasteiger partial charge is 0.297 e. The van der Waals surface area contributed by atoms with Gasteiger partial charge in [-0.2, -0.15) is 0 Å². The summed E-state index contributed by atoms with van der Waals surface area (Å²) < 4.78 is 6.96. The first-order valence-corrected chi connectivity index (χ1v) is 8.35. The van der Waals surface area contributed by atoms with E-state index >= 15 is 0 Å². The van der Waals surface area contributed by atoms with Gasteiger partial charge in [0.15, 0.2) is 5.82 Å². The summed E-state index contributed by atoms with van der Waals surface area (Å²) in [5.74, 6) is 1.04. The summed E-state index contributed by atoms with van der Waals surface area (Å²) in [4.78, 5) is 16.8. The Hall–Kier alpha value is -2.79. The van der Waals surface area contributed by atoms with Crippen molar-refractivity contribution >= 4 is 17.4 Å². The molecule has 0 fully saturated rings. The van der Waals surface area contributed by atoms with E-state index in [4.69, 9.17) is 16.3 Å². The maximum absolute atomic E-state index is 12.7. The molecule has 2 aromatic carbocycles. The van der Waals surface area contributed by atoms with E-state index in [-0.39, 0.29) is 11.4 Å². The number of hydrogen-bond donors (Lipinski definition) is 1. The van der Waals surface area contributed by atoms with Crippen molar-refractivity contribution in [3.05, 3.63) is 81.9 Å². The topological polar surface area (TPSA) is 56.1 Å². The van der Waals surface area contributed by atoms with E-state index in [0.717, 1.165) is 17.0 Å². The molecule has 0 bridgehead atoms. The zero-order valence-electron chi connectivity index (χ0n) is 13.8. The van der Waals surface area contributed by atoms with Gasteiger partial charge >= 0.3 is 0 Å². The molecule has 25 heavy (non-hydrogen) atoms. The van der Waals surface area contributed by atoms with Crippen LogP contribution in [0, 0.1) is 0 Å². The molecular weight excluding hydrogens is 338 g/mol. The van der Waals surface area contributed by atoms with Gasteiger partial charge in [-0.05, 0) is 42.8 Å². The largest absolute Gasteiger partial charge is 0.494 e. The number of ether oxygens (including phenoxy) is 1. The van der Waals surface area contributed by atoms with Gasteiger partial charge in [-0.15, -0.1) is 0 Å². The minimum atomic E-state index is -0.223. The second kappa shape index (κ2) is 7.85. The molecule has 1 aromatic heterocycles. The highest BCUT2D eigenvalue weighted by molar-refractivity contribution is 6.31. The van der Waals surface area contributed by atoms with Crippen molar-refractivity contribution in [1.82, 2.24) is 9.55 Å². The van der Waals surface area contributed by atoms with E-state index in [1.807, 2.05) is 55.5 Å². The first-order chi connectivity index (χ1) is 12.2. The molecule has 0 amide bonds. The monoisotopic (exact) mass is 355 g/mol. The third-order valence-corrected chi connectivity index (χ3v) is 4.04. The highest BCUT2D eigenvalue weighted by atomic mass is 35.5. The number of rotatable bonds is 6. The second-order valence-corrected chi connectivity index (χ2v) is 5.73. The van der Waals surface area contributed by atoms with E-state index < -0.39 is 0 Å². The molecule has 0 aliphatic rings. The highest BCUT2D eigenvalue weighted by Gasteiger charge is 2.07. The number of nitrogens with one attached hydrogen (secondary N) is 1. The van der Waals surface area contributed by atoms with Crippen molar-refractivity contribution in [2.45, 2.75) is 13.5 Å². The van der Waals surface area contributed by atoms with Crippen molar-refractivity contribution in [3.8, 4) is 11.4 Å². The Labute approximate surface area is 150 Å². The van der Waals surface area contributed by atoms with Crippen LogP contribution in [-0.2, 0) is 6.54 Å². The van der Waals surface area contributed by atoms with Gasteiger partial charge in [-0.1, -0.05) is 29.8 Å². The summed E-state index contributed by atoms with van der Waals surface area (Å²) in [6, 6.07) is 14.8. The lowest BCUT2D eigenvalue weighted by molar-refractivity contribution is 0.340. The fourth-order valence-corrected chi connectivity index (χ4v) is 2.63. The van der Waals surface area contributed by atoms with Crippen LogP contribution in [0.5, 0.6) is 5.75 Å². The summed E-state index contributed by atoms with van der Waals surface area (Å²) >= 11 is 6.14. The predicted molar refractivity (Wildman–Crippen MR) is 99.8 cm³/mol. The maximum Gasteiger partial charge on any atom is 0.297 e. The summed E-state index contributed by atoms with van der Waals surface area (Å²) in [7, 11) is 0. The predicted octanol–water partition coefficient (Wildman–Crippen LogP) is 3.90. The molecule has 5 nitrogen and oxygen atoms in total. The highest BCUT2D eigenvalue weighted by Crippen LogP contribution is 2.16. The van der Waals surface area contributed by atoms with Crippen LogP contribution in [-0.4, -0.2) is 16.2 Å². The van der Waals surface area contributed by atoms with Gasteiger partial charge in [0.25, 0.3) is 5.56 Å². The van der Waals surface area contributed by atoms with E-state index in [9.17, 15) is 4.79 Å². The van der Waals surface area contributed by atoms with Crippen molar-refractivity contribution in [1.29, 1.82) is 0 Å². The SMILES string of the molecule is CCOc1ccc(-n2ccnc(NCc3ccccc3Cl)c2=O)cc1. The van der Waals surface area contributed by atoms with Crippen LogP contribution in [0.1, 0.15) is 12.5 Å². The minimum absolute atomic E-state index is 0.223. The lowest BCUT2D eigenvalue weighted by atomic mass is 10.2. The average molecular weight is 356 g/mol. The molecule has 1 heterocycles. The molecule has 128 valence electrons. The first-order valence-electron chi connectivity index (χ1n) is 7.97. The number of anilines is 1. The van der Waals surface area contributed by atoms with Crippen molar-refractivity contribution in [3.63, 3.8) is 0 Å². The number of halogens is 1. The molecule has 0 saturated carbocycles. The third-order valence-electron chi connectivity index (χ3n) is 3.67. The Balaban J connectivity index is 1.82. The fourth-order valence-electron chi connectivity index (χ4n) is 2.43. The summed E-state index contributed by atoms with van der Waals surface area (Å²) in [6.07, 6.45) is 3.23. The molecule has 0 saturated heterocycles. The van der Waals surface area contributed by atoms with Gasteiger partial charge < -0.3 is 10.1 Å². The van der Waals surface area contributed by atoms with E-state index in [2.05, 4.69) is 10.3 Å². The van der Waals surface area contributed by atoms with Crippen molar-refractivity contribution in [2.75, 3.05) is 11.9 Å². The molecule has 0 unspecified atom stereocenters. The molecule has 0 radical (unpaired) electrons. The Bertz CT molecular complexity index is 907. The molecule has 0 spiro atoms. The molecule has 1 N–H and O–H groups in total. The van der Waals surface area contributed by atoms with E-state index in [1.165, 1.54) is 4.57 Å². The van der Waals surface area contributed by atoms with E-state index in [0.29, 0.717) is 18.2 Å². The van der Waals surface area contributed by atoms with Crippen LogP contribution in [0.3, 0.4) is 0 Å². The van der Waals surface area contributed by atoms with Gasteiger partial charge in [0.1, 0.15) is 5.75 Å². The molecule has 6 heteroatoms.